The first kappa shape index (κ1) is 52.8. The summed E-state index contributed by atoms with van der Waals surface area (Å²) < 4.78 is 1.45. The van der Waals surface area contributed by atoms with Crippen molar-refractivity contribution in [3.05, 3.63) is 0 Å². The lowest BCUT2D eigenvalue weighted by molar-refractivity contribution is -0.928. The first-order valence-electron chi connectivity index (χ1n) is 23.7. The molecule has 0 aromatic rings. The zero-order chi connectivity index (χ0) is 35.8. The van der Waals surface area contributed by atoms with E-state index in [-0.39, 0.29) is 24.0 Å². The molecule has 304 valence electrons. The van der Waals surface area contributed by atoms with Crippen LogP contribution >= 0.6 is 0 Å². The molecule has 0 N–H and O–H groups in total. The van der Waals surface area contributed by atoms with Crippen molar-refractivity contribution in [3.8, 4) is 0 Å². The van der Waals surface area contributed by atoms with E-state index < -0.39 is 0 Å². The van der Waals surface area contributed by atoms with Crippen LogP contribution in [-0.2, 0) is 0 Å². The van der Waals surface area contributed by atoms with Crippen molar-refractivity contribution in [2.24, 2.45) is 0 Å². The van der Waals surface area contributed by atoms with Crippen LogP contribution in [0.2, 0.25) is 0 Å². The van der Waals surface area contributed by atoms with E-state index in [0.717, 1.165) is 0 Å². The fraction of sp³-hybridized carbons (Fsp3) is 1.00. The second-order valence-corrected chi connectivity index (χ2v) is 16.7. The second-order valence-electron chi connectivity index (χ2n) is 16.7. The van der Waals surface area contributed by atoms with Crippen molar-refractivity contribution < 1.29 is 28.5 Å². The van der Waals surface area contributed by atoms with Gasteiger partial charge in [-0.1, -0.05) is 208 Å². The van der Waals surface area contributed by atoms with Gasteiger partial charge in [0.25, 0.3) is 0 Å². The first-order chi connectivity index (χ1) is 24.2. The van der Waals surface area contributed by atoms with E-state index >= 15 is 0 Å². The van der Waals surface area contributed by atoms with Crippen molar-refractivity contribution in [2.45, 2.75) is 259 Å². The number of nitrogens with zero attached hydrogens (tertiary/aromatic N) is 2. The largest absolute Gasteiger partial charge is 1.00 e. The summed E-state index contributed by atoms with van der Waals surface area (Å²) in [6.07, 6.45) is 50.5. The van der Waals surface area contributed by atoms with E-state index in [9.17, 15) is 0 Å². The molecule has 50 heavy (non-hydrogen) atoms. The van der Waals surface area contributed by atoms with Crippen LogP contribution in [0.1, 0.15) is 259 Å². The Balaban J connectivity index is 0. The van der Waals surface area contributed by atoms with E-state index in [1.807, 2.05) is 0 Å². The SMILES string of the molecule is CCCCCCCCCN(CCCCCCCCC)CC[N+](CCCCCCCCC)(CCCCCCCCC)CCCCCCCCC.[I-]. The van der Waals surface area contributed by atoms with Gasteiger partial charge in [-0.25, -0.2) is 0 Å². The molecule has 0 aromatic heterocycles. The Morgan fingerprint density at radius 1 is 0.240 bits per heavy atom. The monoisotopic (exact) mass is 819 g/mol. The van der Waals surface area contributed by atoms with Gasteiger partial charge in [-0.05, 0) is 64.5 Å². The van der Waals surface area contributed by atoms with E-state index in [1.165, 1.54) is 275 Å². The molecule has 0 fully saturated rings. The molecule has 0 heterocycles. The molecular weight excluding hydrogens is 719 g/mol. The lowest BCUT2D eigenvalue weighted by Crippen LogP contribution is -3.00. The van der Waals surface area contributed by atoms with Crippen LogP contribution in [0.15, 0.2) is 0 Å². The fourth-order valence-corrected chi connectivity index (χ4v) is 8.16. The topological polar surface area (TPSA) is 3.24 Å². The molecule has 0 amide bonds. The second kappa shape index (κ2) is 44.0. The molecule has 0 atom stereocenters. The van der Waals surface area contributed by atoms with Crippen molar-refractivity contribution in [1.82, 2.24) is 4.90 Å². The van der Waals surface area contributed by atoms with Gasteiger partial charge in [-0.3, -0.25) is 4.90 Å². The molecule has 0 aliphatic rings. The predicted octanol–water partition coefficient (Wildman–Crippen LogP) is 12.9. The summed E-state index contributed by atoms with van der Waals surface area (Å²) in [5.41, 5.74) is 0. The molecule has 0 saturated carbocycles. The van der Waals surface area contributed by atoms with Gasteiger partial charge in [0, 0.05) is 6.54 Å². The molecule has 0 rings (SSSR count). The lowest BCUT2D eigenvalue weighted by Gasteiger charge is -2.41. The van der Waals surface area contributed by atoms with Crippen LogP contribution < -0.4 is 24.0 Å². The minimum Gasteiger partial charge on any atom is -1.00 e. The quantitative estimate of drug-likeness (QED) is 0.0337. The van der Waals surface area contributed by atoms with Crippen LogP contribution in [-0.4, -0.2) is 55.2 Å². The summed E-state index contributed by atoms with van der Waals surface area (Å²) in [7, 11) is 0. The minimum atomic E-state index is 0. The highest BCUT2D eigenvalue weighted by Crippen LogP contribution is 2.20. The van der Waals surface area contributed by atoms with Crippen molar-refractivity contribution in [3.63, 3.8) is 0 Å². The maximum atomic E-state index is 2.96. The average Bonchev–Trinajstić information content (AvgIpc) is 3.11. The van der Waals surface area contributed by atoms with Gasteiger partial charge in [0.2, 0.25) is 0 Å². The van der Waals surface area contributed by atoms with Gasteiger partial charge in [-0.2, -0.15) is 0 Å². The Hall–Kier alpha value is 0.650. The number of quaternary nitrogens is 1. The fourth-order valence-electron chi connectivity index (χ4n) is 8.16. The molecule has 3 heteroatoms. The van der Waals surface area contributed by atoms with Gasteiger partial charge in [-0.15, -0.1) is 0 Å². The molecular formula is C47H99IN2. The molecule has 0 bridgehead atoms. The molecule has 0 saturated heterocycles. The Labute approximate surface area is 336 Å². The van der Waals surface area contributed by atoms with Crippen LogP contribution in [0.5, 0.6) is 0 Å². The summed E-state index contributed by atoms with van der Waals surface area (Å²) in [5, 5.41) is 0. The Morgan fingerprint density at radius 3 is 0.720 bits per heavy atom. The summed E-state index contributed by atoms with van der Waals surface area (Å²) in [6, 6.07) is 0. The van der Waals surface area contributed by atoms with Crippen LogP contribution in [0, 0.1) is 0 Å². The van der Waals surface area contributed by atoms with Crippen LogP contribution in [0.3, 0.4) is 0 Å². The Morgan fingerprint density at radius 2 is 0.460 bits per heavy atom. The standard InChI is InChI=1S/C47H99N2.HI/c1-6-11-16-21-26-31-36-41-48(42-37-32-27-22-17-12-7-2)43-47-49(44-38-33-28-23-18-13-8-3,45-39-34-29-24-19-14-9-4)46-40-35-30-25-20-15-10-5;/h6-47H2,1-5H3;1H/q+1;/p-1. The van der Waals surface area contributed by atoms with Gasteiger partial charge in [0.15, 0.2) is 0 Å². The van der Waals surface area contributed by atoms with E-state index in [1.54, 1.807) is 0 Å². The third-order valence-electron chi connectivity index (χ3n) is 11.8. The summed E-state index contributed by atoms with van der Waals surface area (Å²) >= 11 is 0. The van der Waals surface area contributed by atoms with Gasteiger partial charge in [0.1, 0.15) is 0 Å². The van der Waals surface area contributed by atoms with E-state index in [2.05, 4.69) is 39.5 Å². The third-order valence-corrected chi connectivity index (χ3v) is 11.8. The number of hydrogen-bond acceptors (Lipinski definition) is 1. The molecule has 0 aliphatic carbocycles. The first-order valence-corrected chi connectivity index (χ1v) is 23.7. The Bertz CT molecular complexity index is 532. The highest BCUT2D eigenvalue weighted by atomic mass is 127. The summed E-state index contributed by atoms with van der Waals surface area (Å²) in [5.74, 6) is 0. The lowest BCUT2D eigenvalue weighted by atomic mass is 10.0. The van der Waals surface area contributed by atoms with E-state index in [0.29, 0.717) is 0 Å². The zero-order valence-electron chi connectivity index (χ0n) is 36.0. The maximum absolute atomic E-state index is 2.96. The smallest absolute Gasteiger partial charge is 0.0915 e. The summed E-state index contributed by atoms with van der Waals surface area (Å²) in [6.45, 7) is 21.6. The molecule has 0 radical (unpaired) electrons. The number of hydrogen-bond donors (Lipinski definition) is 0. The molecule has 0 unspecified atom stereocenters. The predicted molar refractivity (Wildman–Crippen MR) is 226 cm³/mol. The van der Waals surface area contributed by atoms with Gasteiger partial charge < -0.3 is 28.5 Å². The molecule has 0 aromatic carbocycles. The third kappa shape index (κ3) is 37.0. The Kier molecular flexibility index (Phi) is 46.5. The highest BCUT2D eigenvalue weighted by molar-refractivity contribution is 4.62. The van der Waals surface area contributed by atoms with Gasteiger partial charge in [0.05, 0.1) is 26.2 Å². The maximum Gasteiger partial charge on any atom is 0.0915 e. The normalized spacial score (nSPS) is 11.9. The number of halogens is 1. The van der Waals surface area contributed by atoms with Gasteiger partial charge >= 0.3 is 0 Å². The van der Waals surface area contributed by atoms with Crippen LogP contribution in [0.25, 0.3) is 0 Å². The zero-order valence-corrected chi connectivity index (χ0v) is 38.1. The molecule has 0 spiro atoms. The minimum absolute atomic E-state index is 0. The average molecular weight is 819 g/mol. The molecule has 2 nitrogen and oxygen atoms in total. The molecule has 0 aliphatic heterocycles. The van der Waals surface area contributed by atoms with Crippen molar-refractivity contribution >= 4 is 0 Å². The van der Waals surface area contributed by atoms with Crippen molar-refractivity contribution in [2.75, 3.05) is 45.8 Å². The van der Waals surface area contributed by atoms with Crippen LogP contribution in [0.4, 0.5) is 0 Å². The number of unbranched alkanes of at least 4 members (excludes halogenated alkanes) is 30. The number of rotatable bonds is 43. The van der Waals surface area contributed by atoms with Crippen molar-refractivity contribution in [1.29, 1.82) is 0 Å². The highest BCUT2D eigenvalue weighted by Gasteiger charge is 2.27. The summed E-state index contributed by atoms with van der Waals surface area (Å²) in [4.78, 5) is 2.96. The van der Waals surface area contributed by atoms with E-state index in [4.69, 9.17) is 0 Å².